The van der Waals surface area contributed by atoms with Gasteiger partial charge in [0, 0.05) is 33.3 Å². The molecule has 0 bridgehead atoms. The highest BCUT2D eigenvalue weighted by atomic mass is 19.1. The summed E-state index contributed by atoms with van der Waals surface area (Å²) in [6, 6.07) is 5.00. The van der Waals surface area contributed by atoms with Gasteiger partial charge >= 0.3 is 0 Å². The molecule has 0 radical (unpaired) electrons. The third-order valence-corrected chi connectivity index (χ3v) is 4.58. The average molecular weight is 349 g/mol. The molecule has 1 aromatic heterocycles. The lowest BCUT2D eigenvalue weighted by atomic mass is 10.1. The molecular formula is C17H24FN5O2. The summed E-state index contributed by atoms with van der Waals surface area (Å²) >= 11 is 0. The summed E-state index contributed by atoms with van der Waals surface area (Å²) < 4.78 is 20.9. The number of carbonyl (C=O) groups is 1. The Balaban J connectivity index is 2.04. The molecule has 2 heterocycles. The van der Waals surface area contributed by atoms with Crippen LogP contribution in [0.5, 0.6) is 5.75 Å². The fourth-order valence-electron chi connectivity index (χ4n) is 3.03. The van der Waals surface area contributed by atoms with Crippen molar-refractivity contribution in [3.05, 3.63) is 18.2 Å². The zero-order valence-corrected chi connectivity index (χ0v) is 14.8. The monoisotopic (exact) mass is 349 g/mol. The van der Waals surface area contributed by atoms with E-state index in [4.69, 9.17) is 10.5 Å². The van der Waals surface area contributed by atoms with Crippen LogP contribution in [0.4, 0.5) is 10.3 Å². The summed E-state index contributed by atoms with van der Waals surface area (Å²) in [6.07, 6.45) is -0.646. The molecule has 2 aromatic rings. The van der Waals surface area contributed by atoms with Crippen LogP contribution in [0.25, 0.3) is 11.0 Å². The number of rotatable bonds is 4. The number of likely N-dealkylation sites (N-methyl/N-ethyl adjacent to an activating group) is 1. The third kappa shape index (κ3) is 3.39. The third-order valence-electron chi connectivity index (χ3n) is 4.58. The first kappa shape index (κ1) is 17.5. The lowest BCUT2D eigenvalue weighted by molar-refractivity contribution is -0.129. The van der Waals surface area contributed by atoms with Gasteiger partial charge in [-0.2, -0.15) is 0 Å². The standard InChI is InChI=1S/C17H24FN5O2/c1-21(2)16(24)10-23-15-5-4-11(25-3)8-14(15)20-17(23)22-7-6-12(18)13(19)9-22/h4-5,8,12-13H,6-7,9-10,19H2,1-3H3/t12-,13-/m1/s1. The molecule has 1 amide bonds. The zero-order chi connectivity index (χ0) is 18.1. The maximum absolute atomic E-state index is 13.7. The number of aromatic nitrogens is 2. The van der Waals surface area contributed by atoms with Crippen molar-refractivity contribution in [1.29, 1.82) is 0 Å². The number of hydrogen-bond acceptors (Lipinski definition) is 5. The molecule has 0 aliphatic carbocycles. The number of nitrogens with two attached hydrogens (primary N) is 1. The lowest BCUT2D eigenvalue weighted by Crippen LogP contribution is -2.50. The fourth-order valence-corrected chi connectivity index (χ4v) is 3.03. The molecule has 1 fully saturated rings. The minimum atomic E-state index is -1.00. The van der Waals surface area contributed by atoms with Crippen LogP contribution in [0.1, 0.15) is 6.42 Å². The van der Waals surface area contributed by atoms with Gasteiger partial charge in [-0.3, -0.25) is 4.79 Å². The number of amides is 1. The van der Waals surface area contributed by atoms with Crippen molar-refractivity contribution >= 4 is 22.9 Å². The number of halogens is 1. The Morgan fingerprint density at radius 1 is 1.48 bits per heavy atom. The van der Waals surface area contributed by atoms with Gasteiger partial charge in [0.25, 0.3) is 0 Å². The number of carbonyl (C=O) groups excluding carboxylic acids is 1. The van der Waals surface area contributed by atoms with E-state index in [1.54, 1.807) is 26.1 Å². The van der Waals surface area contributed by atoms with E-state index in [1.807, 2.05) is 27.7 Å². The molecule has 8 heteroatoms. The Kier molecular flexibility index (Phi) is 4.80. The Hall–Kier alpha value is -2.35. The van der Waals surface area contributed by atoms with Gasteiger partial charge < -0.3 is 24.8 Å². The Morgan fingerprint density at radius 3 is 2.88 bits per heavy atom. The van der Waals surface area contributed by atoms with Gasteiger partial charge in [0.05, 0.1) is 24.2 Å². The average Bonchev–Trinajstić information content (AvgIpc) is 2.94. The number of ether oxygens (including phenoxy) is 1. The molecular weight excluding hydrogens is 325 g/mol. The first-order valence-corrected chi connectivity index (χ1v) is 8.29. The van der Waals surface area contributed by atoms with Gasteiger partial charge in [-0.1, -0.05) is 0 Å². The van der Waals surface area contributed by atoms with Crippen LogP contribution in [-0.4, -0.2) is 66.9 Å². The van der Waals surface area contributed by atoms with E-state index >= 15 is 0 Å². The number of fused-ring (bicyclic) bond motifs is 1. The molecule has 25 heavy (non-hydrogen) atoms. The molecule has 136 valence electrons. The Bertz CT molecular complexity index is 776. The van der Waals surface area contributed by atoms with Gasteiger partial charge in [0.1, 0.15) is 18.5 Å². The van der Waals surface area contributed by atoms with Crippen LogP contribution in [0.15, 0.2) is 18.2 Å². The Morgan fingerprint density at radius 2 is 2.24 bits per heavy atom. The summed E-state index contributed by atoms with van der Waals surface area (Å²) in [5, 5.41) is 0. The number of piperidine rings is 1. The molecule has 1 aromatic carbocycles. The van der Waals surface area contributed by atoms with Crippen LogP contribution >= 0.6 is 0 Å². The number of alkyl halides is 1. The molecule has 1 aliphatic rings. The predicted octanol–water partition coefficient (Wildman–Crippen LogP) is 1.01. The summed E-state index contributed by atoms with van der Waals surface area (Å²) in [4.78, 5) is 20.4. The van der Waals surface area contributed by atoms with Gasteiger partial charge in [-0.25, -0.2) is 9.37 Å². The summed E-state index contributed by atoms with van der Waals surface area (Å²) in [5.41, 5.74) is 7.46. The molecule has 2 N–H and O–H groups in total. The first-order valence-electron chi connectivity index (χ1n) is 8.29. The second kappa shape index (κ2) is 6.87. The molecule has 3 rings (SSSR count). The maximum Gasteiger partial charge on any atom is 0.242 e. The van der Waals surface area contributed by atoms with Gasteiger partial charge in [0.15, 0.2) is 0 Å². The number of imidazole rings is 1. The summed E-state index contributed by atoms with van der Waals surface area (Å²) in [5.74, 6) is 1.30. The normalized spacial score (nSPS) is 20.8. The second-order valence-corrected chi connectivity index (χ2v) is 6.56. The van der Waals surface area contributed by atoms with Crippen LogP contribution < -0.4 is 15.4 Å². The number of benzene rings is 1. The fraction of sp³-hybridized carbons (Fsp3) is 0.529. The largest absolute Gasteiger partial charge is 0.497 e. The highest BCUT2D eigenvalue weighted by Crippen LogP contribution is 2.28. The van der Waals surface area contributed by atoms with E-state index in [9.17, 15) is 9.18 Å². The van der Waals surface area contributed by atoms with Crippen molar-refractivity contribution in [2.45, 2.75) is 25.2 Å². The highest BCUT2D eigenvalue weighted by molar-refractivity contribution is 5.84. The highest BCUT2D eigenvalue weighted by Gasteiger charge is 2.29. The van der Waals surface area contributed by atoms with Crippen LogP contribution in [0.2, 0.25) is 0 Å². The lowest BCUT2D eigenvalue weighted by Gasteiger charge is -2.34. The number of methoxy groups -OCH3 is 1. The van der Waals surface area contributed by atoms with Crippen molar-refractivity contribution < 1.29 is 13.9 Å². The quantitative estimate of drug-likeness (QED) is 0.891. The molecule has 0 saturated carbocycles. The minimum Gasteiger partial charge on any atom is -0.497 e. The van der Waals surface area contributed by atoms with Crippen LogP contribution in [0, 0.1) is 0 Å². The smallest absolute Gasteiger partial charge is 0.242 e. The minimum absolute atomic E-state index is 0.0407. The number of hydrogen-bond donors (Lipinski definition) is 1. The SMILES string of the molecule is COc1ccc2c(c1)nc(N1CC[C@@H](F)[C@H](N)C1)n2CC(=O)N(C)C. The van der Waals surface area contributed by atoms with E-state index < -0.39 is 12.2 Å². The first-order chi connectivity index (χ1) is 11.9. The van der Waals surface area contributed by atoms with E-state index in [1.165, 1.54) is 0 Å². The molecule has 7 nitrogen and oxygen atoms in total. The van der Waals surface area contributed by atoms with Gasteiger partial charge in [-0.15, -0.1) is 0 Å². The van der Waals surface area contributed by atoms with E-state index in [2.05, 4.69) is 4.98 Å². The number of anilines is 1. The molecule has 0 spiro atoms. The van der Waals surface area contributed by atoms with Crippen molar-refractivity contribution in [3.8, 4) is 5.75 Å². The molecule has 2 atom stereocenters. The Labute approximate surface area is 146 Å². The summed E-state index contributed by atoms with van der Waals surface area (Å²) in [7, 11) is 5.03. The van der Waals surface area contributed by atoms with Crippen molar-refractivity contribution in [2.75, 3.05) is 39.2 Å². The van der Waals surface area contributed by atoms with Gasteiger partial charge in [-0.05, 0) is 18.6 Å². The van der Waals surface area contributed by atoms with Crippen molar-refractivity contribution in [3.63, 3.8) is 0 Å². The van der Waals surface area contributed by atoms with Crippen LogP contribution in [0.3, 0.4) is 0 Å². The molecule has 0 unspecified atom stereocenters. The molecule has 1 aliphatic heterocycles. The topological polar surface area (TPSA) is 76.6 Å². The van der Waals surface area contributed by atoms with Crippen molar-refractivity contribution in [1.82, 2.24) is 14.5 Å². The van der Waals surface area contributed by atoms with E-state index in [0.717, 1.165) is 11.0 Å². The van der Waals surface area contributed by atoms with E-state index in [0.29, 0.717) is 31.2 Å². The summed E-state index contributed by atoms with van der Waals surface area (Å²) in [6.45, 7) is 1.05. The second-order valence-electron chi connectivity index (χ2n) is 6.56. The number of nitrogens with zero attached hydrogens (tertiary/aromatic N) is 4. The van der Waals surface area contributed by atoms with Gasteiger partial charge in [0.2, 0.25) is 11.9 Å². The van der Waals surface area contributed by atoms with E-state index in [-0.39, 0.29) is 12.5 Å². The molecule has 1 saturated heterocycles. The van der Waals surface area contributed by atoms with Crippen molar-refractivity contribution in [2.24, 2.45) is 5.73 Å². The van der Waals surface area contributed by atoms with Crippen LogP contribution in [-0.2, 0) is 11.3 Å². The zero-order valence-electron chi connectivity index (χ0n) is 14.8. The predicted molar refractivity (Wildman–Crippen MR) is 94.7 cm³/mol. The maximum atomic E-state index is 13.7.